The third-order valence-corrected chi connectivity index (χ3v) is 2.97. The lowest BCUT2D eigenvalue weighted by Gasteiger charge is -2.04. The summed E-state index contributed by atoms with van der Waals surface area (Å²) in [5, 5.41) is 6.76. The molecule has 1 amide bonds. The first-order valence-electron chi connectivity index (χ1n) is 4.82. The molecule has 0 fully saturated rings. The van der Waals surface area contributed by atoms with Crippen LogP contribution < -0.4 is 5.32 Å². The summed E-state index contributed by atoms with van der Waals surface area (Å²) in [6, 6.07) is 0. The highest BCUT2D eigenvalue weighted by Crippen LogP contribution is 2.08. The number of nitrogens with one attached hydrogen (secondary N) is 1. The molecular weight excluding hydrogens is 234 g/mol. The summed E-state index contributed by atoms with van der Waals surface area (Å²) in [7, 11) is 0. The average molecular weight is 248 g/mol. The van der Waals surface area contributed by atoms with E-state index in [9.17, 15) is 4.79 Å². The van der Waals surface area contributed by atoms with Gasteiger partial charge in [-0.15, -0.1) is 16.7 Å². The van der Waals surface area contributed by atoms with E-state index in [-0.39, 0.29) is 11.3 Å². The van der Waals surface area contributed by atoms with Gasteiger partial charge in [0.2, 0.25) is 0 Å². The van der Waals surface area contributed by atoms with Gasteiger partial charge in [0.05, 0.1) is 5.69 Å². The summed E-state index contributed by atoms with van der Waals surface area (Å²) < 4.78 is 3.71. The van der Waals surface area contributed by atoms with Gasteiger partial charge in [-0.25, -0.2) is 0 Å². The van der Waals surface area contributed by atoms with Gasteiger partial charge in [-0.2, -0.15) is 0 Å². The van der Waals surface area contributed by atoms with Gasteiger partial charge in [0.15, 0.2) is 0 Å². The predicted octanol–water partition coefficient (Wildman–Crippen LogP) is 1.98. The van der Waals surface area contributed by atoms with Crippen molar-refractivity contribution in [2.24, 2.45) is 0 Å². The molecule has 1 aromatic rings. The highest BCUT2D eigenvalue weighted by Gasteiger charge is 2.11. The monoisotopic (exact) mass is 247 g/mol. The van der Waals surface area contributed by atoms with Crippen LogP contribution in [-0.2, 0) is 0 Å². The molecule has 84 valence electrons. The molecule has 6 heteroatoms. The summed E-state index contributed by atoms with van der Waals surface area (Å²) in [6.45, 7) is 4.37. The van der Waals surface area contributed by atoms with E-state index in [0.717, 1.165) is 24.4 Å². The molecule has 0 aliphatic rings. The average Bonchev–Trinajstić information content (AvgIpc) is 2.58. The topological polar surface area (TPSA) is 54.9 Å². The van der Waals surface area contributed by atoms with E-state index in [1.165, 1.54) is 0 Å². The third-order valence-electron chi connectivity index (χ3n) is 1.92. The lowest BCUT2D eigenvalue weighted by molar-refractivity contribution is 0.0956. The molecule has 0 aliphatic heterocycles. The fraction of sp³-hybridized carbons (Fsp3) is 0.667. The van der Waals surface area contributed by atoms with E-state index in [1.807, 2.05) is 6.92 Å². The van der Waals surface area contributed by atoms with E-state index in [0.29, 0.717) is 17.1 Å². The molecule has 0 saturated carbocycles. The molecule has 1 heterocycles. The Morgan fingerprint density at radius 1 is 1.67 bits per heavy atom. The number of hydrogen-bond acceptors (Lipinski definition) is 4. The normalized spacial score (nSPS) is 12.5. The maximum Gasteiger partial charge on any atom is 0.264 e. The number of alkyl halides is 1. The molecule has 15 heavy (non-hydrogen) atoms. The van der Waals surface area contributed by atoms with Crippen molar-refractivity contribution >= 4 is 29.0 Å². The van der Waals surface area contributed by atoms with E-state index < -0.39 is 0 Å². The Morgan fingerprint density at radius 2 is 2.40 bits per heavy atom. The van der Waals surface area contributed by atoms with Crippen LogP contribution in [0.4, 0.5) is 0 Å². The van der Waals surface area contributed by atoms with Gasteiger partial charge >= 0.3 is 0 Å². The van der Waals surface area contributed by atoms with Crippen molar-refractivity contribution in [3.8, 4) is 0 Å². The van der Waals surface area contributed by atoms with Crippen LogP contribution >= 0.6 is 23.1 Å². The van der Waals surface area contributed by atoms with E-state index in [4.69, 9.17) is 11.6 Å². The Labute approximate surface area is 98.2 Å². The SMILES string of the molecule is Cc1nnsc1C(=O)NCCCC(C)Cl. The van der Waals surface area contributed by atoms with Crippen LogP contribution in [0, 0.1) is 6.92 Å². The Kier molecular flexibility index (Phi) is 4.98. The Bertz CT molecular complexity index is 327. The van der Waals surface area contributed by atoms with Crippen molar-refractivity contribution < 1.29 is 4.79 Å². The van der Waals surface area contributed by atoms with Crippen LogP contribution in [0.1, 0.15) is 35.1 Å². The van der Waals surface area contributed by atoms with Gasteiger partial charge in [-0.05, 0) is 38.2 Å². The lowest BCUT2D eigenvalue weighted by Crippen LogP contribution is -2.24. The molecule has 1 unspecified atom stereocenters. The third kappa shape index (κ3) is 4.13. The molecule has 1 atom stereocenters. The first-order valence-corrected chi connectivity index (χ1v) is 6.03. The molecule has 1 rings (SSSR count). The largest absolute Gasteiger partial charge is 0.351 e. The molecule has 0 aromatic carbocycles. The number of carbonyl (C=O) groups excluding carboxylic acids is 1. The van der Waals surface area contributed by atoms with Crippen molar-refractivity contribution in [2.75, 3.05) is 6.54 Å². The zero-order chi connectivity index (χ0) is 11.3. The van der Waals surface area contributed by atoms with Gasteiger partial charge in [-0.3, -0.25) is 4.79 Å². The predicted molar refractivity (Wildman–Crippen MR) is 61.5 cm³/mol. The van der Waals surface area contributed by atoms with Crippen LogP contribution in [0.5, 0.6) is 0 Å². The highest BCUT2D eigenvalue weighted by molar-refractivity contribution is 7.07. The van der Waals surface area contributed by atoms with E-state index in [1.54, 1.807) is 6.92 Å². The maximum atomic E-state index is 11.6. The fourth-order valence-electron chi connectivity index (χ4n) is 1.11. The quantitative estimate of drug-likeness (QED) is 0.640. The molecule has 1 aromatic heterocycles. The highest BCUT2D eigenvalue weighted by atomic mass is 35.5. The summed E-state index contributed by atoms with van der Waals surface area (Å²) in [6.07, 6.45) is 1.80. The molecule has 0 radical (unpaired) electrons. The first kappa shape index (κ1) is 12.4. The zero-order valence-corrected chi connectivity index (χ0v) is 10.4. The standard InChI is InChI=1S/C9H14ClN3OS/c1-6(10)4-3-5-11-9(14)8-7(2)12-13-15-8/h6H,3-5H2,1-2H3,(H,11,14). The first-order chi connectivity index (χ1) is 7.11. The maximum absolute atomic E-state index is 11.6. The van der Waals surface area contributed by atoms with Crippen LogP contribution in [0.25, 0.3) is 0 Å². The molecule has 0 bridgehead atoms. The van der Waals surface area contributed by atoms with Gasteiger partial charge in [0.25, 0.3) is 5.91 Å². The molecular formula is C9H14ClN3OS. The van der Waals surface area contributed by atoms with Gasteiger partial charge < -0.3 is 5.32 Å². The van der Waals surface area contributed by atoms with Crippen molar-refractivity contribution in [1.82, 2.24) is 14.9 Å². The summed E-state index contributed by atoms with van der Waals surface area (Å²) in [5.41, 5.74) is 0.684. The number of carbonyl (C=O) groups is 1. The van der Waals surface area contributed by atoms with Crippen molar-refractivity contribution in [1.29, 1.82) is 0 Å². The number of nitrogens with zero attached hydrogens (tertiary/aromatic N) is 2. The number of halogens is 1. The Morgan fingerprint density at radius 3 is 2.93 bits per heavy atom. The van der Waals surface area contributed by atoms with E-state index >= 15 is 0 Å². The summed E-state index contributed by atoms with van der Waals surface area (Å²) in [4.78, 5) is 12.1. The Balaban J connectivity index is 2.28. The number of hydrogen-bond donors (Lipinski definition) is 1. The van der Waals surface area contributed by atoms with Crippen LogP contribution in [0.2, 0.25) is 0 Å². The van der Waals surface area contributed by atoms with Crippen LogP contribution in [-0.4, -0.2) is 27.4 Å². The van der Waals surface area contributed by atoms with Crippen molar-refractivity contribution in [3.05, 3.63) is 10.6 Å². The number of aryl methyl sites for hydroxylation is 1. The summed E-state index contributed by atoms with van der Waals surface area (Å²) in [5.74, 6) is -0.0928. The van der Waals surface area contributed by atoms with Gasteiger partial charge in [0, 0.05) is 11.9 Å². The second-order valence-electron chi connectivity index (χ2n) is 3.37. The van der Waals surface area contributed by atoms with Crippen LogP contribution in [0.15, 0.2) is 0 Å². The second-order valence-corrected chi connectivity index (χ2v) is 4.87. The zero-order valence-electron chi connectivity index (χ0n) is 8.79. The van der Waals surface area contributed by atoms with Gasteiger partial charge in [0.1, 0.15) is 4.88 Å². The fourth-order valence-corrected chi connectivity index (χ4v) is 1.83. The number of amides is 1. The van der Waals surface area contributed by atoms with Gasteiger partial charge in [-0.1, -0.05) is 4.49 Å². The number of rotatable bonds is 5. The minimum Gasteiger partial charge on any atom is -0.351 e. The van der Waals surface area contributed by atoms with Crippen molar-refractivity contribution in [3.63, 3.8) is 0 Å². The molecule has 1 N–H and O–H groups in total. The second kappa shape index (κ2) is 6.02. The lowest BCUT2D eigenvalue weighted by atomic mass is 10.2. The Hall–Kier alpha value is -0.680. The van der Waals surface area contributed by atoms with E-state index in [2.05, 4.69) is 14.9 Å². The molecule has 0 aliphatic carbocycles. The molecule has 0 saturated heterocycles. The minimum atomic E-state index is -0.0928. The molecule has 4 nitrogen and oxygen atoms in total. The van der Waals surface area contributed by atoms with Crippen LogP contribution in [0.3, 0.4) is 0 Å². The number of aromatic nitrogens is 2. The minimum absolute atomic E-state index is 0.0928. The smallest absolute Gasteiger partial charge is 0.264 e. The van der Waals surface area contributed by atoms with Crippen molar-refractivity contribution in [2.45, 2.75) is 32.1 Å². The summed E-state index contributed by atoms with van der Waals surface area (Å²) >= 11 is 6.91. The molecule has 0 spiro atoms.